The van der Waals surface area contributed by atoms with Crippen molar-refractivity contribution in [1.82, 2.24) is 10.2 Å². The highest BCUT2D eigenvalue weighted by atomic mass is 32.2. The predicted molar refractivity (Wildman–Crippen MR) is 120 cm³/mol. The van der Waals surface area contributed by atoms with Gasteiger partial charge < -0.3 is 15.0 Å². The average Bonchev–Trinajstić information content (AvgIpc) is 3.29. The van der Waals surface area contributed by atoms with Gasteiger partial charge in [-0.15, -0.1) is 0 Å². The number of nitrogens with zero attached hydrogens (tertiary/aromatic N) is 2. The van der Waals surface area contributed by atoms with Crippen LogP contribution in [0.15, 0.2) is 53.4 Å². The van der Waals surface area contributed by atoms with Crippen molar-refractivity contribution in [2.75, 3.05) is 37.0 Å². The Hall–Kier alpha value is -2.58. The number of amides is 1. The minimum atomic E-state index is -3.83. The molecule has 2 aliphatic heterocycles. The first-order valence-corrected chi connectivity index (χ1v) is 12.2. The molecule has 1 atom stereocenters. The lowest BCUT2D eigenvalue weighted by Gasteiger charge is -2.34. The summed E-state index contributed by atoms with van der Waals surface area (Å²) in [5, 5.41) is 2.91. The molecule has 7 nitrogen and oxygen atoms in total. The lowest BCUT2D eigenvalue weighted by molar-refractivity contribution is -0.127. The smallest absolute Gasteiger partial charge is 0.264 e. The van der Waals surface area contributed by atoms with E-state index in [0.717, 1.165) is 31.6 Å². The first-order valence-electron chi connectivity index (χ1n) is 10.8. The zero-order chi connectivity index (χ0) is 21.8. The van der Waals surface area contributed by atoms with Crippen molar-refractivity contribution >= 4 is 21.6 Å². The van der Waals surface area contributed by atoms with E-state index in [0.29, 0.717) is 18.0 Å². The highest BCUT2D eigenvalue weighted by molar-refractivity contribution is 7.92. The van der Waals surface area contributed by atoms with Gasteiger partial charge in [0.25, 0.3) is 15.9 Å². The molecule has 0 saturated carbocycles. The Morgan fingerprint density at radius 3 is 2.55 bits per heavy atom. The van der Waals surface area contributed by atoms with E-state index in [1.54, 1.807) is 48.5 Å². The van der Waals surface area contributed by atoms with Gasteiger partial charge in [0.2, 0.25) is 0 Å². The van der Waals surface area contributed by atoms with E-state index >= 15 is 0 Å². The minimum Gasteiger partial charge on any atom is -0.476 e. The molecule has 166 valence electrons. The maximum atomic E-state index is 13.4. The Balaban J connectivity index is 1.47. The number of likely N-dealkylation sites (tertiary alicyclic amines) is 1. The summed E-state index contributed by atoms with van der Waals surface area (Å²) in [6, 6.07) is 13.6. The van der Waals surface area contributed by atoms with Crippen LogP contribution >= 0.6 is 0 Å². The summed E-state index contributed by atoms with van der Waals surface area (Å²) in [4.78, 5) is 15.4. The SMILES string of the molecule is Cc1ccc(S(=O)(=O)N2C[C@@H](C(=O)NCCCN3CCCC3)Oc3ccccc32)cc1. The van der Waals surface area contributed by atoms with E-state index in [9.17, 15) is 13.2 Å². The third-order valence-corrected chi connectivity index (χ3v) is 7.58. The van der Waals surface area contributed by atoms with Gasteiger partial charge in [-0.3, -0.25) is 9.10 Å². The summed E-state index contributed by atoms with van der Waals surface area (Å²) < 4.78 is 33.9. The summed E-state index contributed by atoms with van der Waals surface area (Å²) in [5.74, 6) is 0.0988. The fraction of sp³-hybridized carbons (Fsp3) is 0.435. The molecule has 1 N–H and O–H groups in total. The van der Waals surface area contributed by atoms with E-state index < -0.39 is 16.1 Å². The number of sulfonamides is 1. The summed E-state index contributed by atoms with van der Waals surface area (Å²) in [6.07, 6.45) is 2.45. The van der Waals surface area contributed by atoms with Crippen LogP contribution < -0.4 is 14.4 Å². The largest absolute Gasteiger partial charge is 0.476 e. The summed E-state index contributed by atoms with van der Waals surface area (Å²) in [7, 11) is -3.83. The predicted octanol–water partition coefficient (Wildman–Crippen LogP) is 2.55. The lowest BCUT2D eigenvalue weighted by Crippen LogP contribution is -2.51. The number of para-hydroxylation sites is 2. The number of carbonyl (C=O) groups excluding carboxylic acids is 1. The Labute approximate surface area is 184 Å². The van der Waals surface area contributed by atoms with Crippen LogP contribution in [0.3, 0.4) is 0 Å². The monoisotopic (exact) mass is 443 g/mol. The number of rotatable bonds is 7. The number of hydrogen-bond acceptors (Lipinski definition) is 5. The molecule has 0 spiro atoms. The van der Waals surface area contributed by atoms with Gasteiger partial charge in [-0.05, 0) is 70.1 Å². The molecule has 1 fully saturated rings. The van der Waals surface area contributed by atoms with E-state index in [4.69, 9.17) is 4.74 Å². The molecule has 2 aliphatic rings. The molecule has 2 aromatic carbocycles. The molecular weight excluding hydrogens is 414 g/mol. The van der Waals surface area contributed by atoms with Crippen molar-refractivity contribution in [3.05, 3.63) is 54.1 Å². The first-order chi connectivity index (χ1) is 14.9. The van der Waals surface area contributed by atoms with Gasteiger partial charge in [0.15, 0.2) is 6.10 Å². The van der Waals surface area contributed by atoms with E-state index in [2.05, 4.69) is 10.2 Å². The number of nitrogens with one attached hydrogen (secondary N) is 1. The number of carbonyl (C=O) groups is 1. The summed E-state index contributed by atoms with van der Waals surface area (Å²) in [5.41, 5.74) is 1.42. The zero-order valence-electron chi connectivity index (χ0n) is 17.8. The molecule has 0 radical (unpaired) electrons. The molecule has 1 amide bonds. The van der Waals surface area contributed by atoms with Crippen LogP contribution in [0.1, 0.15) is 24.8 Å². The first kappa shape index (κ1) is 21.6. The molecule has 8 heteroatoms. The molecule has 0 aliphatic carbocycles. The maximum absolute atomic E-state index is 13.4. The second-order valence-electron chi connectivity index (χ2n) is 8.12. The van der Waals surface area contributed by atoms with Gasteiger partial charge in [0.1, 0.15) is 5.75 Å². The van der Waals surface area contributed by atoms with Crippen LogP contribution in [0.2, 0.25) is 0 Å². The fourth-order valence-corrected chi connectivity index (χ4v) is 5.51. The van der Waals surface area contributed by atoms with Crippen LogP contribution in [-0.2, 0) is 14.8 Å². The van der Waals surface area contributed by atoms with Crippen molar-refractivity contribution in [2.45, 2.75) is 37.2 Å². The number of ether oxygens (including phenoxy) is 1. The van der Waals surface area contributed by atoms with Crippen LogP contribution in [-0.4, -0.2) is 58.1 Å². The van der Waals surface area contributed by atoms with E-state index in [1.165, 1.54) is 17.1 Å². The second kappa shape index (κ2) is 9.28. The molecule has 0 bridgehead atoms. The van der Waals surface area contributed by atoms with Crippen LogP contribution in [0.25, 0.3) is 0 Å². The Kier molecular flexibility index (Phi) is 6.48. The number of anilines is 1. The molecule has 1 saturated heterocycles. The molecule has 4 rings (SSSR count). The van der Waals surface area contributed by atoms with Crippen molar-refractivity contribution in [1.29, 1.82) is 0 Å². The van der Waals surface area contributed by atoms with Gasteiger partial charge in [-0.1, -0.05) is 29.8 Å². The van der Waals surface area contributed by atoms with Crippen LogP contribution in [0.5, 0.6) is 5.75 Å². The summed E-state index contributed by atoms with van der Waals surface area (Å²) >= 11 is 0. The fourth-order valence-electron chi connectivity index (χ4n) is 4.04. The molecular formula is C23H29N3O4S. The van der Waals surface area contributed by atoms with Crippen LogP contribution in [0, 0.1) is 6.92 Å². The highest BCUT2D eigenvalue weighted by Gasteiger charge is 2.37. The van der Waals surface area contributed by atoms with Gasteiger partial charge in [-0.2, -0.15) is 0 Å². The van der Waals surface area contributed by atoms with Crippen molar-refractivity contribution in [3.63, 3.8) is 0 Å². The Morgan fingerprint density at radius 2 is 1.81 bits per heavy atom. The number of hydrogen-bond donors (Lipinski definition) is 1. The molecule has 2 heterocycles. The van der Waals surface area contributed by atoms with E-state index in [1.807, 2.05) is 6.92 Å². The summed E-state index contributed by atoms with van der Waals surface area (Å²) in [6.45, 7) is 5.60. The third kappa shape index (κ3) is 4.85. The lowest BCUT2D eigenvalue weighted by atomic mass is 10.2. The number of benzene rings is 2. The number of aryl methyl sites for hydroxylation is 1. The Bertz CT molecular complexity index is 1020. The van der Waals surface area contributed by atoms with Gasteiger partial charge in [-0.25, -0.2) is 8.42 Å². The maximum Gasteiger partial charge on any atom is 0.264 e. The standard InChI is InChI=1S/C23H29N3O4S/c1-18-9-11-19(12-10-18)31(28,29)26-17-22(30-21-8-3-2-7-20(21)26)23(27)24-13-6-16-25-14-4-5-15-25/h2-3,7-12,22H,4-6,13-17H2,1H3,(H,24,27)/t22-/m0/s1. The van der Waals surface area contributed by atoms with Gasteiger partial charge >= 0.3 is 0 Å². The zero-order valence-corrected chi connectivity index (χ0v) is 18.6. The normalized spacial score (nSPS) is 19.0. The highest BCUT2D eigenvalue weighted by Crippen LogP contribution is 2.36. The van der Waals surface area contributed by atoms with Gasteiger partial charge in [0, 0.05) is 6.54 Å². The second-order valence-corrected chi connectivity index (χ2v) is 9.98. The van der Waals surface area contributed by atoms with Crippen molar-refractivity contribution in [3.8, 4) is 5.75 Å². The number of fused-ring (bicyclic) bond motifs is 1. The molecule has 0 unspecified atom stereocenters. The molecule has 31 heavy (non-hydrogen) atoms. The van der Waals surface area contributed by atoms with E-state index in [-0.39, 0.29) is 17.3 Å². The van der Waals surface area contributed by atoms with Gasteiger partial charge in [0.05, 0.1) is 17.1 Å². The van der Waals surface area contributed by atoms with Crippen molar-refractivity contribution < 1.29 is 17.9 Å². The quantitative estimate of drug-likeness (QED) is 0.666. The average molecular weight is 444 g/mol. The Morgan fingerprint density at radius 1 is 1.10 bits per heavy atom. The topological polar surface area (TPSA) is 79.0 Å². The minimum absolute atomic E-state index is 0.0643. The third-order valence-electron chi connectivity index (χ3n) is 5.79. The van der Waals surface area contributed by atoms with Crippen molar-refractivity contribution in [2.24, 2.45) is 0 Å². The molecule has 0 aromatic heterocycles. The van der Waals surface area contributed by atoms with Crippen LogP contribution in [0.4, 0.5) is 5.69 Å². The molecule has 2 aromatic rings.